The van der Waals surface area contributed by atoms with Gasteiger partial charge in [0.25, 0.3) is 0 Å². The van der Waals surface area contributed by atoms with Gasteiger partial charge in [-0.25, -0.2) is 0 Å². The Bertz CT molecular complexity index is 333. The molecule has 78 valence electrons. The SMILES string of the molecule is CC1=C(I)C2(C)CC(C=O)C1(C)C2C. The maximum Gasteiger partial charge on any atom is 0.123 e. The Hall–Kier alpha value is 0.140. The van der Waals surface area contributed by atoms with Gasteiger partial charge in [-0.2, -0.15) is 0 Å². The van der Waals surface area contributed by atoms with Gasteiger partial charge in [-0.05, 0) is 45.4 Å². The van der Waals surface area contributed by atoms with Crippen molar-refractivity contribution < 1.29 is 4.79 Å². The van der Waals surface area contributed by atoms with E-state index in [2.05, 4.69) is 50.3 Å². The van der Waals surface area contributed by atoms with Gasteiger partial charge in [0, 0.05) is 16.7 Å². The number of carbonyl (C=O) groups is 1. The third-order valence-corrected chi connectivity index (χ3v) is 7.11. The average Bonchev–Trinajstić information content (AvgIpc) is 2.44. The van der Waals surface area contributed by atoms with Crippen LogP contribution in [-0.4, -0.2) is 6.29 Å². The maximum absolute atomic E-state index is 11.1. The molecule has 0 aromatic carbocycles. The molecule has 0 aromatic rings. The van der Waals surface area contributed by atoms with Crippen LogP contribution in [0.5, 0.6) is 0 Å². The standard InChI is InChI=1S/C12H17IO/c1-7-10(13)11(3)5-9(6-14)12(7,4)8(11)2/h6,8-9H,5H2,1-4H3. The summed E-state index contributed by atoms with van der Waals surface area (Å²) in [5.74, 6) is 0.845. The van der Waals surface area contributed by atoms with Crippen molar-refractivity contribution >= 4 is 28.9 Å². The summed E-state index contributed by atoms with van der Waals surface area (Å²) in [6, 6.07) is 0. The van der Waals surface area contributed by atoms with Crippen molar-refractivity contribution in [3.8, 4) is 0 Å². The zero-order valence-corrected chi connectivity index (χ0v) is 11.4. The Kier molecular flexibility index (Phi) is 2.16. The summed E-state index contributed by atoms with van der Waals surface area (Å²) in [6.07, 6.45) is 2.22. The van der Waals surface area contributed by atoms with Crippen molar-refractivity contribution in [2.45, 2.75) is 34.1 Å². The van der Waals surface area contributed by atoms with E-state index < -0.39 is 0 Å². The number of hydrogen-bond acceptors (Lipinski definition) is 1. The molecular formula is C12H17IO. The van der Waals surface area contributed by atoms with Crippen LogP contribution in [0.15, 0.2) is 9.15 Å². The fourth-order valence-electron chi connectivity index (χ4n) is 3.57. The zero-order chi connectivity index (χ0) is 10.7. The van der Waals surface area contributed by atoms with Gasteiger partial charge in [0.15, 0.2) is 0 Å². The Morgan fingerprint density at radius 1 is 1.50 bits per heavy atom. The molecule has 2 rings (SSSR count). The Morgan fingerprint density at radius 2 is 2.07 bits per heavy atom. The van der Waals surface area contributed by atoms with E-state index in [0.717, 1.165) is 6.42 Å². The van der Waals surface area contributed by atoms with Gasteiger partial charge in [0.2, 0.25) is 0 Å². The monoisotopic (exact) mass is 304 g/mol. The lowest BCUT2D eigenvalue weighted by molar-refractivity contribution is -0.113. The molecule has 1 saturated carbocycles. The van der Waals surface area contributed by atoms with Crippen LogP contribution in [-0.2, 0) is 4.79 Å². The van der Waals surface area contributed by atoms with Crippen LogP contribution in [0.25, 0.3) is 0 Å². The molecule has 0 spiro atoms. The van der Waals surface area contributed by atoms with Gasteiger partial charge in [-0.3, -0.25) is 0 Å². The summed E-state index contributed by atoms with van der Waals surface area (Å²) < 4.78 is 1.50. The predicted molar refractivity (Wildman–Crippen MR) is 66.3 cm³/mol. The number of halogens is 1. The van der Waals surface area contributed by atoms with Crippen LogP contribution < -0.4 is 0 Å². The minimum Gasteiger partial charge on any atom is -0.303 e. The normalized spacial score (nSPS) is 51.5. The van der Waals surface area contributed by atoms with Gasteiger partial charge in [0.05, 0.1) is 0 Å². The van der Waals surface area contributed by atoms with Gasteiger partial charge in [-0.1, -0.05) is 26.3 Å². The molecule has 0 N–H and O–H groups in total. The highest BCUT2D eigenvalue weighted by Gasteiger charge is 2.63. The van der Waals surface area contributed by atoms with Gasteiger partial charge in [0.1, 0.15) is 6.29 Å². The molecule has 0 amide bonds. The fraction of sp³-hybridized carbons (Fsp3) is 0.750. The van der Waals surface area contributed by atoms with E-state index >= 15 is 0 Å². The number of rotatable bonds is 1. The average molecular weight is 304 g/mol. The van der Waals surface area contributed by atoms with E-state index in [4.69, 9.17) is 0 Å². The van der Waals surface area contributed by atoms with Crippen LogP contribution in [0, 0.1) is 22.7 Å². The van der Waals surface area contributed by atoms with Crippen molar-refractivity contribution in [2.24, 2.45) is 22.7 Å². The molecular weight excluding hydrogens is 287 g/mol. The summed E-state index contributed by atoms with van der Waals surface area (Å²) >= 11 is 2.48. The van der Waals surface area contributed by atoms with Crippen molar-refractivity contribution in [2.75, 3.05) is 0 Å². The highest BCUT2D eigenvalue weighted by atomic mass is 127. The molecule has 0 aromatic heterocycles. The molecule has 0 saturated heterocycles. The topological polar surface area (TPSA) is 17.1 Å². The number of aldehydes is 1. The Balaban J connectivity index is 2.60. The van der Waals surface area contributed by atoms with Gasteiger partial charge >= 0.3 is 0 Å². The molecule has 4 unspecified atom stereocenters. The fourth-order valence-corrected chi connectivity index (χ4v) is 4.83. The van der Waals surface area contributed by atoms with E-state index in [-0.39, 0.29) is 16.7 Å². The maximum atomic E-state index is 11.1. The smallest absolute Gasteiger partial charge is 0.123 e. The highest BCUT2D eigenvalue weighted by Crippen LogP contribution is 2.70. The summed E-state index contributed by atoms with van der Waals surface area (Å²) in [6.45, 7) is 9.10. The number of fused-ring (bicyclic) bond motifs is 2. The first-order valence-corrected chi connectivity index (χ1v) is 6.29. The largest absolute Gasteiger partial charge is 0.303 e. The lowest BCUT2D eigenvalue weighted by Crippen LogP contribution is -2.28. The molecule has 1 fully saturated rings. The third-order valence-electron chi connectivity index (χ3n) is 5.07. The second kappa shape index (κ2) is 2.83. The van der Waals surface area contributed by atoms with E-state index in [9.17, 15) is 4.79 Å². The van der Waals surface area contributed by atoms with E-state index in [1.165, 1.54) is 15.4 Å². The highest BCUT2D eigenvalue weighted by molar-refractivity contribution is 14.1. The number of hydrogen-bond donors (Lipinski definition) is 0. The quantitative estimate of drug-likeness (QED) is 0.534. The first kappa shape index (κ1) is 10.7. The van der Waals surface area contributed by atoms with Crippen molar-refractivity contribution in [1.82, 2.24) is 0 Å². The predicted octanol–water partition coefficient (Wildman–Crippen LogP) is 3.58. The molecule has 2 aliphatic carbocycles. The molecule has 1 nitrogen and oxygen atoms in total. The lowest BCUT2D eigenvalue weighted by atomic mass is 9.72. The summed E-state index contributed by atoms with van der Waals surface area (Å²) in [7, 11) is 0. The molecule has 2 bridgehead atoms. The molecule has 14 heavy (non-hydrogen) atoms. The Labute approximate surface area is 99.5 Å². The number of carbonyl (C=O) groups excluding carboxylic acids is 1. The van der Waals surface area contributed by atoms with Gasteiger partial charge < -0.3 is 4.79 Å². The van der Waals surface area contributed by atoms with Crippen LogP contribution in [0.3, 0.4) is 0 Å². The van der Waals surface area contributed by atoms with Crippen LogP contribution in [0.2, 0.25) is 0 Å². The van der Waals surface area contributed by atoms with Crippen LogP contribution in [0.1, 0.15) is 34.1 Å². The minimum absolute atomic E-state index is 0.132. The second-order valence-electron chi connectivity index (χ2n) is 5.31. The molecule has 0 aliphatic heterocycles. The summed E-state index contributed by atoms with van der Waals surface area (Å²) in [5.41, 5.74) is 1.86. The zero-order valence-electron chi connectivity index (χ0n) is 9.23. The van der Waals surface area contributed by atoms with E-state index in [1.54, 1.807) is 0 Å². The number of allylic oxidation sites excluding steroid dienone is 2. The van der Waals surface area contributed by atoms with Gasteiger partial charge in [-0.15, -0.1) is 0 Å². The summed E-state index contributed by atoms with van der Waals surface area (Å²) in [4.78, 5) is 11.1. The van der Waals surface area contributed by atoms with E-state index in [0.29, 0.717) is 5.92 Å². The first-order valence-electron chi connectivity index (χ1n) is 5.21. The second-order valence-corrected chi connectivity index (χ2v) is 6.39. The molecule has 0 heterocycles. The molecule has 4 atom stereocenters. The first-order chi connectivity index (χ1) is 6.39. The van der Waals surface area contributed by atoms with Crippen LogP contribution >= 0.6 is 22.6 Å². The molecule has 0 radical (unpaired) electrons. The minimum atomic E-state index is 0.132. The van der Waals surface area contributed by atoms with Crippen molar-refractivity contribution in [3.63, 3.8) is 0 Å². The molecule has 2 aliphatic rings. The van der Waals surface area contributed by atoms with Crippen molar-refractivity contribution in [3.05, 3.63) is 9.15 Å². The summed E-state index contributed by atoms with van der Waals surface area (Å²) in [5, 5.41) is 0. The van der Waals surface area contributed by atoms with Crippen LogP contribution in [0.4, 0.5) is 0 Å². The van der Waals surface area contributed by atoms with E-state index in [1.807, 2.05) is 0 Å². The third kappa shape index (κ3) is 0.890. The Morgan fingerprint density at radius 3 is 2.43 bits per heavy atom. The lowest BCUT2D eigenvalue weighted by Gasteiger charge is -2.31. The molecule has 2 heteroatoms. The van der Waals surface area contributed by atoms with Crippen molar-refractivity contribution in [1.29, 1.82) is 0 Å².